The van der Waals surface area contributed by atoms with Crippen LogP contribution >= 0.6 is 12.4 Å². The number of hydrogen-bond donors (Lipinski definition) is 0. The minimum absolute atomic E-state index is 0. The van der Waals surface area contributed by atoms with E-state index in [4.69, 9.17) is 0 Å². The summed E-state index contributed by atoms with van der Waals surface area (Å²) in [6.07, 6.45) is 4.84. The number of carbonyl (C=O) groups is 1. The fourth-order valence-electron chi connectivity index (χ4n) is 2.07. The molecule has 2 heterocycles. The third-order valence-corrected chi connectivity index (χ3v) is 2.96. The van der Waals surface area contributed by atoms with Gasteiger partial charge in [0.15, 0.2) is 6.29 Å². The fourth-order valence-corrected chi connectivity index (χ4v) is 2.07. The first-order valence-electron chi connectivity index (χ1n) is 5.78. The van der Waals surface area contributed by atoms with Crippen LogP contribution in [0.1, 0.15) is 15.9 Å². The van der Waals surface area contributed by atoms with Gasteiger partial charge >= 0.3 is 0 Å². The molecule has 0 aliphatic carbocycles. The summed E-state index contributed by atoms with van der Waals surface area (Å²) < 4.78 is 1.98. The molecule has 3 rings (SSSR count). The third kappa shape index (κ3) is 2.37. The number of fused-ring (bicyclic) bond motifs is 1. The minimum atomic E-state index is 0. The number of rotatable bonds is 2. The fraction of sp³-hybridized carbons (Fsp3) is 0.0667. The second-order valence-electron chi connectivity index (χ2n) is 4.30. The number of pyridine rings is 1. The number of nitrogens with zero attached hydrogens (tertiary/aromatic N) is 2. The van der Waals surface area contributed by atoms with Crippen LogP contribution in [0.4, 0.5) is 0 Å². The molecule has 0 atom stereocenters. The van der Waals surface area contributed by atoms with Gasteiger partial charge in [0.1, 0.15) is 5.65 Å². The van der Waals surface area contributed by atoms with Crippen molar-refractivity contribution >= 4 is 24.3 Å². The Hall–Kier alpha value is -2.13. The van der Waals surface area contributed by atoms with Gasteiger partial charge in [-0.25, -0.2) is 4.98 Å². The molecule has 0 spiro atoms. The number of halogens is 1. The molecular weight excluding hydrogens is 260 g/mol. The summed E-state index contributed by atoms with van der Waals surface area (Å²) in [4.78, 5) is 15.6. The molecule has 0 aliphatic rings. The Labute approximate surface area is 117 Å². The van der Waals surface area contributed by atoms with Gasteiger partial charge in [0.25, 0.3) is 0 Å². The van der Waals surface area contributed by atoms with Crippen molar-refractivity contribution in [2.24, 2.45) is 0 Å². The first-order valence-corrected chi connectivity index (χ1v) is 5.78. The quantitative estimate of drug-likeness (QED) is 0.669. The van der Waals surface area contributed by atoms with E-state index in [9.17, 15) is 4.79 Å². The van der Waals surface area contributed by atoms with Gasteiger partial charge in [-0.1, -0.05) is 30.3 Å². The van der Waals surface area contributed by atoms with Crippen LogP contribution in [-0.4, -0.2) is 15.7 Å². The van der Waals surface area contributed by atoms with Crippen molar-refractivity contribution in [1.82, 2.24) is 9.38 Å². The highest BCUT2D eigenvalue weighted by molar-refractivity contribution is 5.86. The summed E-state index contributed by atoms with van der Waals surface area (Å²) >= 11 is 0. The third-order valence-electron chi connectivity index (χ3n) is 2.96. The first kappa shape index (κ1) is 13.3. The zero-order chi connectivity index (χ0) is 12.5. The summed E-state index contributed by atoms with van der Waals surface area (Å²) in [5, 5.41) is 0. The molecule has 0 saturated heterocycles. The molecule has 96 valence electrons. The lowest BCUT2D eigenvalue weighted by molar-refractivity contribution is 0.112. The Morgan fingerprint density at radius 3 is 2.68 bits per heavy atom. The largest absolute Gasteiger partial charge is 0.306 e. The van der Waals surface area contributed by atoms with Gasteiger partial charge in [-0.05, 0) is 18.6 Å². The number of carbonyl (C=O) groups excluding carboxylic acids is 1. The number of aromatic nitrogens is 2. The first-order chi connectivity index (χ1) is 8.78. The van der Waals surface area contributed by atoms with Crippen molar-refractivity contribution < 1.29 is 4.79 Å². The number of aldehydes is 1. The molecule has 0 bridgehead atoms. The van der Waals surface area contributed by atoms with Gasteiger partial charge in [0.05, 0.1) is 5.69 Å². The Bertz CT molecular complexity index is 734. The van der Waals surface area contributed by atoms with Crippen LogP contribution in [0.2, 0.25) is 0 Å². The number of hydrogen-bond acceptors (Lipinski definition) is 2. The summed E-state index contributed by atoms with van der Waals surface area (Å²) in [5.74, 6) is 0. The Balaban J connectivity index is 0.00000133. The summed E-state index contributed by atoms with van der Waals surface area (Å²) in [6, 6.07) is 11.5. The van der Waals surface area contributed by atoms with E-state index >= 15 is 0 Å². The van der Waals surface area contributed by atoms with Crippen molar-refractivity contribution in [2.75, 3.05) is 0 Å². The van der Waals surface area contributed by atoms with Gasteiger partial charge < -0.3 is 4.40 Å². The number of aryl methyl sites for hydroxylation is 1. The topological polar surface area (TPSA) is 34.4 Å². The molecule has 2 aromatic heterocycles. The molecule has 0 fully saturated rings. The van der Waals surface area contributed by atoms with Crippen LogP contribution in [0.3, 0.4) is 0 Å². The van der Waals surface area contributed by atoms with Gasteiger partial charge in [0.2, 0.25) is 0 Å². The second kappa shape index (κ2) is 5.24. The molecule has 0 radical (unpaired) electrons. The lowest BCUT2D eigenvalue weighted by Crippen LogP contribution is -1.86. The lowest BCUT2D eigenvalue weighted by Gasteiger charge is -1.98. The Morgan fingerprint density at radius 1 is 1.11 bits per heavy atom. The van der Waals surface area contributed by atoms with Crippen LogP contribution in [0.25, 0.3) is 16.9 Å². The Morgan fingerprint density at radius 2 is 1.89 bits per heavy atom. The standard InChI is InChI=1S/C15H12N2O.ClH/c1-11-6-7-15-16-14(9-17(15)8-11)13-5-3-2-4-12(13)10-18;/h2-10H,1H3;1H. The highest BCUT2D eigenvalue weighted by Crippen LogP contribution is 2.22. The highest BCUT2D eigenvalue weighted by Gasteiger charge is 2.08. The van der Waals surface area contributed by atoms with Crippen LogP contribution in [0, 0.1) is 6.92 Å². The van der Waals surface area contributed by atoms with Crippen LogP contribution in [0.5, 0.6) is 0 Å². The van der Waals surface area contributed by atoms with Gasteiger partial charge in [-0.2, -0.15) is 0 Å². The predicted molar refractivity (Wildman–Crippen MR) is 78.0 cm³/mol. The van der Waals surface area contributed by atoms with E-state index in [0.29, 0.717) is 5.56 Å². The monoisotopic (exact) mass is 272 g/mol. The molecule has 1 aromatic carbocycles. The molecule has 3 nitrogen and oxygen atoms in total. The lowest BCUT2D eigenvalue weighted by atomic mass is 10.1. The van der Waals surface area contributed by atoms with E-state index in [1.54, 1.807) is 6.07 Å². The van der Waals surface area contributed by atoms with E-state index < -0.39 is 0 Å². The predicted octanol–water partition coefficient (Wildman–Crippen LogP) is 3.54. The number of imidazole rings is 1. The molecule has 4 heteroatoms. The molecular formula is C15H13ClN2O. The maximum Gasteiger partial charge on any atom is 0.150 e. The maximum absolute atomic E-state index is 11.0. The van der Waals surface area contributed by atoms with E-state index in [-0.39, 0.29) is 12.4 Å². The zero-order valence-electron chi connectivity index (χ0n) is 10.4. The van der Waals surface area contributed by atoms with Gasteiger partial charge in [0, 0.05) is 23.5 Å². The summed E-state index contributed by atoms with van der Waals surface area (Å²) in [6.45, 7) is 2.04. The second-order valence-corrected chi connectivity index (χ2v) is 4.30. The van der Waals surface area contributed by atoms with Crippen molar-refractivity contribution in [2.45, 2.75) is 6.92 Å². The van der Waals surface area contributed by atoms with E-state index in [0.717, 1.165) is 23.2 Å². The summed E-state index contributed by atoms with van der Waals surface area (Å²) in [5.41, 5.74) is 4.42. The molecule has 0 aliphatic heterocycles. The highest BCUT2D eigenvalue weighted by atomic mass is 35.5. The SMILES string of the molecule is Cc1ccc2nc(-c3ccccc3C=O)cn2c1.Cl. The molecule has 0 unspecified atom stereocenters. The number of benzene rings is 1. The minimum Gasteiger partial charge on any atom is -0.306 e. The van der Waals surface area contributed by atoms with Crippen LogP contribution in [-0.2, 0) is 0 Å². The normalized spacial score (nSPS) is 10.2. The smallest absolute Gasteiger partial charge is 0.150 e. The van der Waals surface area contributed by atoms with Gasteiger partial charge in [-0.3, -0.25) is 4.79 Å². The summed E-state index contributed by atoms with van der Waals surface area (Å²) in [7, 11) is 0. The molecule has 0 saturated carbocycles. The molecule has 0 N–H and O–H groups in total. The maximum atomic E-state index is 11.0. The van der Waals surface area contributed by atoms with Crippen LogP contribution in [0.15, 0.2) is 48.8 Å². The van der Waals surface area contributed by atoms with Crippen LogP contribution < -0.4 is 0 Å². The zero-order valence-corrected chi connectivity index (χ0v) is 11.2. The average molecular weight is 273 g/mol. The van der Waals surface area contributed by atoms with Crippen molar-refractivity contribution in [1.29, 1.82) is 0 Å². The van der Waals surface area contributed by atoms with E-state index in [1.165, 1.54) is 5.56 Å². The Kier molecular flexibility index (Phi) is 3.67. The average Bonchev–Trinajstić information content (AvgIpc) is 2.81. The molecule has 3 aromatic rings. The van der Waals surface area contributed by atoms with Crippen molar-refractivity contribution in [3.63, 3.8) is 0 Å². The van der Waals surface area contributed by atoms with Gasteiger partial charge in [-0.15, -0.1) is 12.4 Å². The van der Waals surface area contributed by atoms with E-state index in [1.807, 2.05) is 54.0 Å². The van der Waals surface area contributed by atoms with E-state index in [2.05, 4.69) is 4.98 Å². The molecule has 19 heavy (non-hydrogen) atoms. The molecule has 0 amide bonds. The van der Waals surface area contributed by atoms with Crippen molar-refractivity contribution in [3.05, 3.63) is 59.9 Å². The van der Waals surface area contributed by atoms with Crippen molar-refractivity contribution in [3.8, 4) is 11.3 Å².